The van der Waals surface area contributed by atoms with Gasteiger partial charge in [0.2, 0.25) is 5.82 Å². The highest BCUT2D eigenvalue weighted by Crippen LogP contribution is 2.30. The number of nitrogens with zero attached hydrogens (tertiary/aromatic N) is 2. The second kappa shape index (κ2) is 3.36. The first kappa shape index (κ1) is 10.7. The van der Waals surface area contributed by atoms with Gasteiger partial charge in [-0.1, -0.05) is 0 Å². The van der Waals surface area contributed by atoms with Crippen molar-refractivity contribution in [1.82, 2.24) is 9.55 Å². The number of hydrogen-bond acceptors (Lipinski definition) is 1. The van der Waals surface area contributed by atoms with Crippen LogP contribution >= 0.6 is 22.6 Å². The van der Waals surface area contributed by atoms with Crippen molar-refractivity contribution in [2.45, 2.75) is 6.18 Å². The van der Waals surface area contributed by atoms with Crippen LogP contribution < -0.4 is 0 Å². The Balaban J connectivity index is 2.76. The minimum atomic E-state index is -4.40. The number of imidazole rings is 1. The lowest BCUT2D eigenvalue weighted by atomic mass is 10.3. The third-order valence-corrected chi connectivity index (χ3v) is 2.77. The predicted molar refractivity (Wildman–Crippen MR) is 58.4 cm³/mol. The zero-order valence-corrected chi connectivity index (χ0v) is 9.80. The molecule has 0 radical (unpaired) electrons. The van der Waals surface area contributed by atoms with Gasteiger partial charge in [0.05, 0.1) is 11.0 Å². The average Bonchev–Trinajstić information content (AvgIpc) is 2.43. The Bertz CT molecular complexity index is 516. The van der Waals surface area contributed by atoms with Crippen LogP contribution in [0, 0.1) is 3.57 Å². The zero-order valence-electron chi connectivity index (χ0n) is 7.64. The summed E-state index contributed by atoms with van der Waals surface area (Å²) in [5.74, 6) is -0.862. The average molecular weight is 326 g/mol. The molecule has 2 rings (SSSR count). The summed E-state index contributed by atoms with van der Waals surface area (Å²) in [7, 11) is 1.37. The fourth-order valence-electron chi connectivity index (χ4n) is 1.42. The van der Waals surface area contributed by atoms with Gasteiger partial charge in [0, 0.05) is 10.6 Å². The fraction of sp³-hybridized carbons (Fsp3) is 0.222. The van der Waals surface area contributed by atoms with Gasteiger partial charge >= 0.3 is 6.18 Å². The molecule has 15 heavy (non-hydrogen) atoms. The van der Waals surface area contributed by atoms with Gasteiger partial charge in [-0.3, -0.25) is 0 Å². The van der Waals surface area contributed by atoms with E-state index in [2.05, 4.69) is 27.6 Å². The Kier molecular flexibility index (Phi) is 2.40. The van der Waals surface area contributed by atoms with Gasteiger partial charge in [-0.15, -0.1) is 0 Å². The minimum Gasteiger partial charge on any atom is -0.323 e. The van der Waals surface area contributed by atoms with E-state index < -0.39 is 12.0 Å². The van der Waals surface area contributed by atoms with Gasteiger partial charge in [-0.2, -0.15) is 13.2 Å². The van der Waals surface area contributed by atoms with E-state index in [1.807, 2.05) is 0 Å². The van der Waals surface area contributed by atoms with Crippen LogP contribution in [0.15, 0.2) is 18.2 Å². The minimum absolute atomic E-state index is 0.366. The molecule has 0 aliphatic heterocycles. The van der Waals surface area contributed by atoms with Crippen molar-refractivity contribution in [1.29, 1.82) is 0 Å². The summed E-state index contributed by atoms with van der Waals surface area (Å²) in [6.45, 7) is 0. The lowest BCUT2D eigenvalue weighted by Crippen LogP contribution is -2.12. The van der Waals surface area contributed by atoms with Crippen molar-refractivity contribution in [3.05, 3.63) is 27.6 Å². The molecule has 0 spiro atoms. The van der Waals surface area contributed by atoms with E-state index in [0.29, 0.717) is 11.0 Å². The molecule has 2 aromatic rings. The smallest absolute Gasteiger partial charge is 0.323 e. The van der Waals surface area contributed by atoms with Gasteiger partial charge in [0.25, 0.3) is 0 Å². The lowest BCUT2D eigenvalue weighted by Gasteiger charge is -2.05. The molecule has 0 saturated carbocycles. The van der Waals surface area contributed by atoms with Crippen molar-refractivity contribution in [3.63, 3.8) is 0 Å². The number of benzene rings is 1. The molecular formula is C9H6F3IN2. The number of rotatable bonds is 0. The first-order chi connectivity index (χ1) is 6.89. The molecule has 0 N–H and O–H groups in total. The molecule has 0 saturated heterocycles. The Morgan fingerprint density at radius 1 is 1.33 bits per heavy atom. The van der Waals surface area contributed by atoms with Crippen LogP contribution in [0.2, 0.25) is 0 Å². The summed E-state index contributed by atoms with van der Waals surface area (Å²) in [5, 5.41) is 0. The normalized spacial score (nSPS) is 12.3. The Morgan fingerprint density at radius 2 is 2.00 bits per heavy atom. The number of hydrogen-bond donors (Lipinski definition) is 0. The van der Waals surface area contributed by atoms with E-state index in [-0.39, 0.29) is 0 Å². The largest absolute Gasteiger partial charge is 0.449 e. The van der Waals surface area contributed by atoms with Crippen LogP contribution in [-0.4, -0.2) is 9.55 Å². The molecular weight excluding hydrogens is 320 g/mol. The number of fused-ring (bicyclic) bond motifs is 1. The zero-order chi connectivity index (χ0) is 11.2. The van der Waals surface area contributed by atoms with Crippen LogP contribution in [0.3, 0.4) is 0 Å². The molecule has 0 aliphatic rings. The molecule has 1 aromatic carbocycles. The van der Waals surface area contributed by atoms with Crippen LogP contribution in [0.4, 0.5) is 13.2 Å². The fourth-order valence-corrected chi connectivity index (χ4v) is 1.89. The molecule has 2 nitrogen and oxygen atoms in total. The number of aromatic nitrogens is 2. The molecule has 0 bridgehead atoms. The molecule has 0 amide bonds. The maximum atomic E-state index is 12.5. The number of halogens is 4. The van der Waals surface area contributed by atoms with Crippen molar-refractivity contribution >= 4 is 33.6 Å². The number of alkyl halides is 3. The first-order valence-corrected chi connectivity index (χ1v) is 5.16. The van der Waals surface area contributed by atoms with Crippen LogP contribution in [0.5, 0.6) is 0 Å². The molecule has 80 valence electrons. The summed E-state index contributed by atoms with van der Waals surface area (Å²) in [6, 6.07) is 5.00. The second-order valence-electron chi connectivity index (χ2n) is 3.13. The maximum absolute atomic E-state index is 12.5. The van der Waals surface area contributed by atoms with Gasteiger partial charge < -0.3 is 4.57 Å². The van der Waals surface area contributed by atoms with Crippen molar-refractivity contribution in [3.8, 4) is 0 Å². The molecule has 0 unspecified atom stereocenters. The topological polar surface area (TPSA) is 17.8 Å². The third-order valence-electron chi connectivity index (χ3n) is 2.10. The van der Waals surface area contributed by atoms with Gasteiger partial charge in [0.1, 0.15) is 0 Å². The highest BCUT2D eigenvalue weighted by atomic mass is 127. The summed E-state index contributed by atoms with van der Waals surface area (Å²) in [5.41, 5.74) is 0.861. The maximum Gasteiger partial charge on any atom is 0.449 e. The van der Waals surface area contributed by atoms with Crippen molar-refractivity contribution in [2.24, 2.45) is 7.05 Å². The lowest BCUT2D eigenvalue weighted by molar-refractivity contribution is -0.146. The van der Waals surface area contributed by atoms with Crippen molar-refractivity contribution < 1.29 is 13.2 Å². The predicted octanol–water partition coefficient (Wildman–Crippen LogP) is 3.20. The third kappa shape index (κ3) is 1.82. The highest BCUT2D eigenvalue weighted by molar-refractivity contribution is 14.1. The molecule has 1 aromatic heterocycles. The van der Waals surface area contributed by atoms with E-state index in [9.17, 15) is 13.2 Å². The molecule has 1 heterocycles. The van der Waals surface area contributed by atoms with Crippen LogP contribution in [0.25, 0.3) is 11.0 Å². The van der Waals surface area contributed by atoms with Crippen molar-refractivity contribution in [2.75, 3.05) is 0 Å². The molecule has 0 aliphatic carbocycles. The Labute approximate surface area is 97.2 Å². The monoisotopic (exact) mass is 326 g/mol. The first-order valence-electron chi connectivity index (χ1n) is 4.09. The standard InChI is InChI=1S/C9H6F3IN2/c1-15-7-4-5(13)2-3-6(7)14-8(15)9(10,11)12/h2-4H,1H3. The number of aryl methyl sites for hydroxylation is 1. The Morgan fingerprint density at radius 3 is 2.60 bits per heavy atom. The van der Waals surface area contributed by atoms with Crippen LogP contribution in [-0.2, 0) is 13.2 Å². The van der Waals surface area contributed by atoms with Crippen LogP contribution in [0.1, 0.15) is 5.82 Å². The van der Waals surface area contributed by atoms with Gasteiger partial charge in [0.15, 0.2) is 0 Å². The summed E-state index contributed by atoms with van der Waals surface area (Å²) >= 11 is 2.05. The quantitative estimate of drug-likeness (QED) is 0.680. The van der Waals surface area contributed by atoms with Gasteiger partial charge in [-0.25, -0.2) is 4.98 Å². The Hall–Kier alpha value is -0.790. The molecule has 0 atom stereocenters. The van der Waals surface area contributed by atoms with E-state index in [0.717, 1.165) is 8.14 Å². The SMILES string of the molecule is Cn1c(C(F)(F)F)nc2ccc(I)cc21. The van der Waals surface area contributed by atoms with E-state index in [1.165, 1.54) is 7.05 Å². The summed E-state index contributed by atoms with van der Waals surface area (Å²) < 4.78 is 39.5. The second-order valence-corrected chi connectivity index (χ2v) is 4.37. The van der Waals surface area contributed by atoms with E-state index in [1.54, 1.807) is 18.2 Å². The van der Waals surface area contributed by atoms with E-state index >= 15 is 0 Å². The van der Waals surface area contributed by atoms with E-state index in [4.69, 9.17) is 0 Å². The highest BCUT2D eigenvalue weighted by Gasteiger charge is 2.36. The molecule has 0 fully saturated rings. The van der Waals surface area contributed by atoms with Gasteiger partial charge in [-0.05, 0) is 40.8 Å². The summed E-state index contributed by atoms with van der Waals surface area (Å²) in [4.78, 5) is 3.56. The molecule has 6 heteroatoms. The summed E-state index contributed by atoms with van der Waals surface area (Å²) in [6.07, 6.45) is -4.40.